The van der Waals surface area contributed by atoms with Crippen molar-refractivity contribution in [3.63, 3.8) is 0 Å². The molecule has 2 aromatic carbocycles. The number of Topliss-reactive ketones (excluding diaryl/α,β-unsaturated/α-hetero) is 1. The van der Waals surface area contributed by atoms with E-state index >= 15 is 0 Å². The van der Waals surface area contributed by atoms with E-state index in [4.69, 9.17) is 14.2 Å². The number of anilines is 1. The first-order chi connectivity index (χ1) is 13.9. The maximum absolute atomic E-state index is 12.1. The number of carbonyl (C=O) groups is 3. The zero-order chi connectivity index (χ0) is 21.2. The van der Waals surface area contributed by atoms with Crippen LogP contribution in [0.4, 0.5) is 5.69 Å². The molecule has 0 aliphatic heterocycles. The number of methoxy groups -OCH3 is 1. The second kappa shape index (κ2) is 10.7. The van der Waals surface area contributed by atoms with E-state index in [9.17, 15) is 14.4 Å². The Morgan fingerprint density at radius 1 is 1.03 bits per heavy atom. The quantitative estimate of drug-likeness (QED) is 0.376. The Morgan fingerprint density at radius 2 is 1.76 bits per heavy atom. The van der Waals surface area contributed by atoms with Crippen LogP contribution in [0.1, 0.15) is 22.8 Å². The average molecular weight is 397 g/mol. The molecule has 7 heteroatoms. The van der Waals surface area contributed by atoms with Gasteiger partial charge in [0.05, 0.1) is 7.11 Å². The van der Waals surface area contributed by atoms with Gasteiger partial charge in [-0.1, -0.05) is 12.1 Å². The summed E-state index contributed by atoms with van der Waals surface area (Å²) in [5.74, 6) is -0.348. The summed E-state index contributed by atoms with van der Waals surface area (Å²) in [6.45, 7) is 4.32. The first-order valence-corrected chi connectivity index (χ1v) is 8.90. The molecule has 0 unspecified atom stereocenters. The molecule has 7 nitrogen and oxygen atoms in total. The summed E-state index contributed by atoms with van der Waals surface area (Å²) in [5.41, 5.74) is 1.95. The van der Waals surface area contributed by atoms with E-state index in [0.717, 1.165) is 5.56 Å². The van der Waals surface area contributed by atoms with Gasteiger partial charge in [-0.3, -0.25) is 9.59 Å². The number of benzene rings is 2. The number of rotatable bonds is 10. The highest BCUT2D eigenvalue weighted by molar-refractivity contribution is 5.98. The average Bonchev–Trinajstić information content (AvgIpc) is 2.71. The zero-order valence-corrected chi connectivity index (χ0v) is 16.4. The zero-order valence-electron chi connectivity index (χ0n) is 16.4. The molecule has 0 atom stereocenters. The molecule has 1 N–H and O–H groups in total. The van der Waals surface area contributed by atoms with Crippen molar-refractivity contribution in [1.82, 2.24) is 0 Å². The molecular weight excluding hydrogens is 374 g/mol. The molecule has 29 heavy (non-hydrogen) atoms. The van der Waals surface area contributed by atoms with E-state index < -0.39 is 12.6 Å². The predicted molar refractivity (Wildman–Crippen MR) is 108 cm³/mol. The molecule has 0 saturated heterocycles. The second-order valence-electron chi connectivity index (χ2n) is 6.11. The first-order valence-electron chi connectivity index (χ1n) is 8.90. The lowest BCUT2D eigenvalue weighted by Gasteiger charge is -2.11. The fourth-order valence-corrected chi connectivity index (χ4v) is 2.48. The topological polar surface area (TPSA) is 90.9 Å². The third kappa shape index (κ3) is 6.80. The van der Waals surface area contributed by atoms with Crippen LogP contribution in [-0.2, 0) is 20.7 Å². The number of hydrogen-bond donors (Lipinski definition) is 1. The van der Waals surface area contributed by atoms with E-state index in [2.05, 4.69) is 11.9 Å². The van der Waals surface area contributed by atoms with Gasteiger partial charge in [0, 0.05) is 18.2 Å². The van der Waals surface area contributed by atoms with Crippen molar-refractivity contribution < 1.29 is 28.6 Å². The first kappa shape index (κ1) is 21.7. The largest absolute Gasteiger partial charge is 0.493 e. The number of ether oxygens (including phenoxy) is 3. The summed E-state index contributed by atoms with van der Waals surface area (Å²) in [4.78, 5) is 35.0. The van der Waals surface area contributed by atoms with Crippen LogP contribution in [-0.4, -0.2) is 38.0 Å². The van der Waals surface area contributed by atoms with Gasteiger partial charge in [-0.05, 0) is 48.4 Å². The maximum Gasteiger partial charge on any atom is 0.344 e. The number of carbonyl (C=O) groups excluding carboxylic acids is 3. The van der Waals surface area contributed by atoms with Crippen LogP contribution in [0.5, 0.6) is 11.5 Å². The Kier molecular flexibility index (Phi) is 7.97. The molecule has 0 spiro atoms. The van der Waals surface area contributed by atoms with Gasteiger partial charge in [-0.2, -0.15) is 0 Å². The van der Waals surface area contributed by atoms with Crippen LogP contribution < -0.4 is 14.8 Å². The lowest BCUT2D eigenvalue weighted by atomic mass is 10.1. The van der Waals surface area contributed by atoms with Crippen molar-refractivity contribution in [2.45, 2.75) is 13.3 Å². The lowest BCUT2D eigenvalue weighted by Crippen LogP contribution is -2.19. The molecule has 0 aliphatic rings. The Hall–Kier alpha value is -3.61. The summed E-state index contributed by atoms with van der Waals surface area (Å²) < 4.78 is 15.7. The number of ketones is 1. The molecule has 0 saturated carbocycles. The number of nitrogens with one attached hydrogen (secondary N) is 1. The molecule has 0 aromatic heterocycles. The Morgan fingerprint density at radius 3 is 2.38 bits per heavy atom. The Bertz CT molecular complexity index is 889. The van der Waals surface area contributed by atoms with Crippen molar-refractivity contribution in [2.75, 3.05) is 25.6 Å². The summed E-state index contributed by atoms with van der Waals surface area (Å²) in [7, 11) is 1.51. The van der Waals surface area contributed by atoms with Crippen molar-refractivity contribution in [3.05, 3.63) is 66.2 Å². The molecule has 0 aliphatic carbocycles. The predicted octanol–water partition coefficient (Wildman–Crippen LogP) is 3.19. The van der Waals surface area contributed by atoms with E-state index in [0.29, 0.717) is 29.2 Å². The highest BCUT2D eigenvalue weighted by Gasteiger charge is 2.13. The SMILES string of the molecule is C=CCc1ccc(OCC(=O)OCC(=O)c2ccc(NC(C)=O)cc2)c(OC)c1. The molecule has 2 rings (SSSR count). The molecule has 2 aromatic rings. The van der Waals surface area contributed by atoms with E-state index in [-0.39, 0.29) is 18.3 Å². The van der Waals surface area contributed by atoms with Crippen molar-refractivity contribution in [3.8, 4) is 11.5 Å². The van der Waals surface area contributed by atoms with Crippen LogP contribution in [0.15, 0.2) is 55.1 Å². The molecule has 0 bridgehead atoms. The second-order valence-corrected chi connectivity index (χ2v) is 6.11. The fraction of sp³-hybridized carbons (Fsp3) is 0.227. The number of esters is 1. The van der Waals surface area contributed by atoms with Gasteiger partial charge in [0.1, 0.15) is 0 Å². The Labute approximate surface area is 169 Å². The van der Waals surface area contributed by atoms with E-state index in [1.807, 2.05) is 6.07 Å². The summed E-state index contributed by atoms with van der Waals surface area (Å²) in [5, 5.41) is 2.61. The molecule has 0 heterocycles. The molecule has 0 radical (unpaired) electrons. The highest BCUT2D eigenvalue weighted by Crippen LogP contribution is 2.28. The van der Waals surface area contributed by atoms with E-state index in [1.165, 1.54) is 14.0 Å². The van der Waals surface area contributed by atoms with Gasteiger partial charge in [-0.25, -0.2) is 4.79 Å². The third-order valence-electron chi connectivity index (χ3n) is 3.85. The van der Waals surface area contributed by atoms with Crippen LogP contribution in [0.25, 0.3) is 0 Å². The maximum atomic E-state index is 12.1. The van der Waals surface area contributed by atoms with Crippen LogP contribution in [0, 0.1) is 0 Å². The van der Waals surface area contributed by atoms with Gasteiger partial charge in [0.2, 0.25) is 5.91 Å². The van der Waals surface area contributed by atoms with Crippen molar-refractivity contribution in [1.29, 1.82) is 0 Å². The summed E-state index contributed by atoms with van der Waals surface area (Å²) in [6, 6.07) is 11.6. The van der Waals surface area contributed by atoms with Crippen molar-refractivity contribution >= 4 is 23.3 Å². The number of amides is 1. The van der Waals surface area contributed by atoms with Gasteiger partial charge in [0.25, 0.3) is 0 Å². The monoisotopic (exact) mass is 397 g/mol. The van der Waals surface area contributed by atoms with Crippen LogP contribution in [0.3, 0.4) is 0 Å². The minimum Gasteiger partial charge on any atom is -0.493 e. The van der Waals surface area contributed by atoms with Gasteiger partial charge >= 0.3 is 5.97 Å². The standard InChI is InChI=1S/C22H23NO6/c1-4-5-16-6-11-20(21(12-16)27-3)28-14-22(26)29-13-19(25)17-7-9-18(10-8-17)23-15(2)24/h4,6-12H,1,5,13-14H2,2-3H3,(H,23,24). The van der Waals surface area contributed by atoms with Gasteiger partial charge in [0.15, 0.2) is 30.5 Å². The smallest absolute Gasteiger partial charge is 0.344 e. The van der Waals surface area contributed by atoms with Crippen molar-refractivity contribution in [2.24, 2.45) is 0 Å². The molecular formula is C22H23NO6. The molecule has 0 fully saturated rings. The normalized spacial score (nSPS) is 10.0. The lowest BCUT2D eigenvalue weighted by molar-refractivity contribution is -0.144. The minimum absolute atomic E-state index is 0.204. The summed E-state index contributed by atoms with van der Waals surface area (Å²) in [6.07, 6.45) is 2.46. The molecule has 152 valence electrons. The molecule has 1 amide bonds. The number of allylic oxidation sites excluding steroid dienone is 1. The van der Waals surface area contributed by atoms with Gasteiger partial charge < -0.3 is 19.5 Å². The minimum atomic E-state index is -0.676. The fourth-order valence-electron chi connectivity index (χ4n) is 2.48. The number of hydrogen-bond acceptors (Lipinski definition) is 6. The Balaban J connectivity index is 1.84. The van der Waals surface area contributed by atoms with Crippen LogP contribution in [0.2, 0.25) is 0 Å². The van der Waals surface area contributed by atoms with E-state index in [1.54, 1.807) is 42.5 Å². The van der Waals surface area contributed by atoms with Crippen LogP contribution >= 0.6 is 0 Å². The third-order valence-corrected chi connectivity index (χ3v) is 3.85. The summed E-state index contributed by atoms with van der Waals surface area (Å²) >= 11 is 0. The highest BCUT2D eigenvalue weighted by atomic mass is 16.6. The van der Waals surface area contributed by atoms with Gasteiger partial charge in [-0.15, -0.1) is 6.58 Å².